The number of hydrogen-bond acceptors (Lipinski definition) is 1. The molecule has 1 aliphatic carbocycles. The first-order valence-corrected chi connectivity index (χ1v) is 6.91. The van der Waals surface area contributed by atoms with Gasteiger partial charge in [0.2, 0.25) is 0 Å². The van der Waals surface area contributed by atoms with Crippen molar-refractivity contribution in [3.63, 3.8) is 0 Å². The molecule has 1 atom stereocenters. The van der Waals surface area contributed by atoms with E-state index >= 15 is 0 Å². The molecule has 0 N–H and O–H groups in total. The van der Waals surface area contributed by atoms with Crippen molar-refractivity contribution in [1.82, 2.24) is 0 Å². The number of rotatable bonds is 2. The summed E-state index contributed by atoms with van der Waals surface area (Å²) in [5.41, 5.74) is 1.45. The third-order valence-electron chi connectivity index (χ3n) is 3.09. The van der Waals surface area contributed by atoms with Gasteiger partial charge in [-0.25, -0.2) is 4.39 Å². The molecule has 0 fully saturated rings. The highest BCUT2D eigenvalue weighted by Crippen LogP contribution is 2.42. The number of halogens is 4. The van der Waals surface area contributed by atoms with Gasteiger partial charge in [0.1, 0.15) is 5.82 Å². The summed E-state index contributed by atoms with van der Waals surface area (Å²) in [6.45, 7) is 0. The molecule has 5 heteroatoms. The van der Waals surface area contributed by atoms with Crippen LogP contribution in [0.3, 0.4) is 0 Å². The average molecular weight is 321 g/mol. The van der Waals surface area contributed by atoms with Gasteiger partial charge in [-0.3, -0.25) is 0 Å². The number of anilines is 1. The predicted octanol–water partition coefficient (Wildman–Crippen LogP) is 5.19. The second-order valence-corrected chi connectivity index (χ2v) is 5.94. The van der Waals surface area contributed by atoms with E-state index in [2.05, 4.69) is 0 Å². The zero-order valence-corrected chi connectivity index (χ0v) is 12.8. The van der Waals surface area contributed by atoms with Gasteiger partial charge < -0.3 is 4.90 Å². The molecule has 0 heterocycles. The lowest BCUT2D eigenvalue weighted by Gasteiger charge is -2.23. The summed E-state index contributed by atoms with van der Waals surface area (Å²) in [4.78, 5) is 1.73. The van der Waals surface area contributed by atoms with E-state index in [-0.39, 0.29) is 11.7 Å². The molecule has 0 saturated carbocycles. The van der Waals surface area contributed by atoms with Crippen LogP contribution in [0, 0.1) is 5.82 Å². The van der Waals surface area contributed by atoms with Crippen LogP contribution in [0.1, 0.15) is 17.9 Å². The van der Waals surface area contributed by atoms with Gasteiger partial charge in [0.05, 0.1) is 10.7 Å². The molecule has 19 heavy (non-hydrogen) atoms. The Morgan fingerprint density at radius 1 is 1.21 bits per heavy atom. The van der Waals surface area contributed by atoms with Gasteiger partial charge in [-0.1, -0.05) is 40.9 Å². The Bertz CT molecular complexity index is 564. The largest absolute Gasteiger partial charge is 0.375 e. The minimum atomic E-state index is -0.260. The monoisotopic (exact) mass is 319 g/mol. The molecular weight excluding hydrogens is 308 g/mol. The van der Waals surface area contributed by atoms with Crippen molar-refractivity contribution in [2.45, 2.75) is 12.3 Å². The summed E-state index contributed by atoms with van der Waals surface area (Å²) in [5.74, 6) is -0.333. The molecule has 2 rings (SSSR count). The van der Waals surface area contributed by atoms with E-state index in [1.54, 1.807) is 37.2 Å². The standard InChI is InChI=1S/C14H13Cl3FN/c1-19(2)14-5-8(3-4-13(14)18)9-6-11(16)12(17)7-10(9)15/h3-5,7,9H,6H2,1-2H3. The molecule has 0 aliphatic heterocycles. The number of nitrogens with zero attached hydrogens (tertiary/aromatic N) is 1. The van der Waals surface area contributed by atoms with Crippen LogP contribution in [0.25, 0.3) is 0 Å². The van der Waals surface area contributed by atoms with E-state index in [9.17, 15) is 4.39 Å². The van der Waals surface area contributed by atoms with Gasteiger partial charge in [-0.15, -0.1) is 0 Å². The Morgan fingerprint density at radius 3 is 2.53 bits per heavy atom. The topological polar surface area (TPSA) is 3.24 Å². The molecule has 1 unspecified atom stereocenters. The highest BCUT2D eigenvalue weighted by atomic mass is 35.5. The maximum Gasteiger partial charge on any atom is 0.146 e. The lowest BCUT2D eigenvalue weighted by atomic mass is 9.91. The van der Waals surface area contributed by atoms with Crippen LogP contribution in [0.2, 0.25) is 0 Å². The van der Waals surface area contributed by atoms with Crippen LogP contribution >= 0.6 is 34.8 Å². The van der Waals surface area contributed by atoms with Crippen molar-refractivity contribution >= 4 is 40.5 Å². The van der Waals surface area contributed by atoms with Gasteiger partial charge in [-0.2, -0.15) is 0 Å². The van der Waals surface area contributed by atoms with E-state index in [0.717, 1.165) is 5.56 Å². The molecule has 1 aromatic rings. The van der Waals surface area contributed by atoms with Crippen molar-refractivity contribution in [2.24, 2.45) is 0 Å². The molecule has 0 radical (unpaired) electrons. The van der Waals surface area contributed by atoms with Crippen LogP contribution in [-0.2, 0) is 0 Å². The van der Waals surface area contributed by atoms with Gasteiger partial charge in [0, 0.05) is 30.1 Å². The van der Waals surface area contributed by atoms with Crippen LogP contribution in [-0.4, -0.2) is 14.1 Å². The van der Waals surface area contributed by atoms with Crippen LogP contribution < -0.4 is 4.90 Å². The fourth-order valence-electron chi connectivity index (χ4n) is 2.04. The molecule has 1 aromatic carbocycles. The highest BCUT2D eigenvalue weighted by molar-refractivity contribution is 6.42. The second kappa shape index (κ2) is 5.74. The van der Waals surface area contributed by atoms with Gasteiger partial charge >= 0.3 is 0 Å². The van der Waals surface area contributed by atoms with Crippen LogP contribution in [0.5, 0.6) is 0 Å². The van der Waals surface area contributed by atoms with Crippen molar-refractivity contribution in [1.29, 1.82) is 0 Å². The first-order chi connectivity index (χ1) is 8.90. The molecule has 0 aromatic heterocycles. The summed E-state index contributed by atoms with van der Waals surface area (Å²) in [6.07, 6.45) is 2.19. The molecule has 102 valence electrons. The summed E-state index contributed by atoms with van der Waals surface area (Å²) in [5, 5.41) is 1.66. The van der Waals surface area contributed by atoms with E-state index in [4.69, 9.17) is 34.8 Å². The lowest BCUT2D eigenvalue weighted by Crippen LogP contribution is -2.12. The summed E-state index contributed by atoms with van der Waals surface area (Å²) in [6, 6.07) is 4.97. The van der Waals surface area contributed by atoms with Gasteiger partial charge in [0.25, 0.3) is 0 Å². The average Bonchev–Trinajstić information content (AvgIpc) is 2.34. The van der Waals surface area contributed by atoms with Gasteiger partial charge in [-0.05, 0) is 30.2 Å². The fourth-order valence-corrected chi connectivity index (χ4v) is 2.81. The minimum absolute atomic E-state index is 0.0732. The van der Waals surface area contributed by atoms with Crippen molar-refractivity contribution in [3.05, 3.63) is 50.8 Å². The Kier molecular flexibility index (Phi) is 4.44. The van der Waals surface area contributed by atoms with Crippen LogP contribution in [0.15, 0.2) is 39.4 Å². The van der Waals surface area contributed by atoms with Gasteiger partial charge in [0.15, 0.2) is 0 Å². The Balaban J connectivity index is 2.39. The summed E-state index contributed by atoms with van der Waals surface area (Å²) >= 11 is 18.2. The van der Waals surface area contributed by atoms with Crippen molar-refractivity contribution < 1.29 is 4.39 Å². The second-order valence-electron chi connectivity index (χ2n) is 4.64. The molecule has 0 saturated heterocycles. The fraction of sp³-hybridized carbons (Fsp3) is 0.286. The minimum Gasteiger partial charge on any atom is -0.375 e. The van der Waals surface area contributed by atoms with E-state index in [1.807, 2.05) is 0 Å². The van der Waals surface area contributed by atoms with Crippen molar-refractivity contribution in [3.8, 4) is 0 Å². The normalized spacial score (nSPS) is 19.5. The molecule has 0 spiro atoms. The predicted molar refractivity (Wildman–Crippen MR) is 80.8 cm³/mol. The Morgan fingerprint density at radius 2 is 1.89 bits per heavy atom. The molecule has 0 bridgehead atoms. The number of benzene rings is 1. The van der Waals surface area contributed by atoms with E-state index in [0.29, 0.717) is 27.2 Å². The third-order valence-corrected chi connectivity index (χ3v) is 4.26. The molecule has 1 nitrogen and oxygen atoms in total. The molecule has 1 aliphatic rings. The zero-order valence-electron chi connectivity index (χ0n) is 10.6. The first-order valence-electron chi connectivity index (χ1n) is 5.78. The summed E-state index contributed by atoms with van der Waals surface area (Å²) in [7, 11) is 3.59. The SMILES string of the molecule is CN(C)c1cc(C2CC(Cl)=C(Cl)C=C2Cl)ccc1F. The third kappa shape index (κ3) is 3.07. The maximum atomic E-state index is 13.7. The lowest BCUT2D eigenvalue weighted by molar-refractivity contribution is 0.624. The van der Waals surface area contributed by atoms with Crippen molar-refractivity contribution in [2.75, 3.05) is 19.0 Å². The Labute approximate surface area is 127 Å². The Hall–Kier alpha value is -0.700. The first kappa shape index (κ1) is 14.7. The van der Waals surface area contributed by atoms with Crippen LogP contribution in [0.4, 0.5) is 10.1 Å². The van der Waals surface area contributed by atoms with E-state index < -0.39 is 0 Å². The number of hydrogen-bond donors (Lipinski definition) is 0. The smallest absolute Gasteiger partial charge is 0.146 e. The maximum absolute atomic E-state index is 13.7. The highest BCUT2D eigenvalue weighted by Gasteiger charge is 2.23. The zero-order chi connectivity index (χ0) is 14.2. The molecule has 0 amide bonds. The quantitative estimate of drug-likeness (QED) is 0.724. The molecular formula is C14H13Cl3FN. The van der Waals surface area contributed by atoms with E-state index in [1.165, 1.54) is 6.07 Å². The number of allylic oxidation sites excluding steroid dienone is 4. The summed E-state index contributed by atoms with van der Waals surface area (Å²) < 4.78 is 13.7.